The van der Waals surface area contributed by atoms with Crippen LogP contribution < -0.4 is 9.47 Å². The molecule has 138 valence electrons. The first-order valence-corrected chi connectivity index (χ1v) is 9.32. The highest BCUT2D eigenvalue weighted by Crippen LogP contribution is 2.38. The molecule has 28 heavy (non-hydrogen) atoms. The Hall–Kier alpha value is -3.60. The van der Waals surface area contributed by atoms with E-state index < -0.39 is 0 Å². The number of aryl methyl sites for hydroxylation is 1. The van der Waals surface area contributed by atoms with E-state index in [1.807, 2.05) is 36.4 Å². The van der Waals surface area contributed by atoms with E-state index in [1.165, 1.54) is 5.56 Å². The second kappa shape index (κ2) is 6.85. The number of pyridine rings is 1. The van der Waals surface area contributed by atoms with Gasteiger partial charge in [0.25, 0.3) is 0 Å². The lowest BCUT2D eigenvalue weighted by atomic mass is 10.1. The Balaban J connectivity index is 1.65. The van der Waals surface area contributed by atoms with Gasteiger partial charge in [0.15, 0.2) is 11.5 Å². The van der Waals surface area contributed by atoms with Crippen molar-refractivity contribution < 1.29 is 9.47 Å². The number of imidazole rings is 1. The third kappa shape index (κ3) is 2.91. The Morgan fingerprint density at radius 3 is 2.54 bits per heavy atom. The van der Waals surface area contributed by atoms with E-state index in [0.29, 0.717) is 0 Å². The Bertz CT molecular complexity index is 1120. The van der Waals surface area contributed by atoms with Gasteiger partial charge in [0.1, 0.15) is 5.82 Å². The maximum absolute atomic E-state index is 5.55. The maximum Gasteiger partial charge on any atom is 0.231 e. The molecule has 1 aliphatic rings. The molecule has 0 atom stereocenters. The zero-order valence-electron chi connectivity index (χ0n) is 15.5. The van der Waals surface area contributed by atoms with Crippen molar-refractivity contribution in [3.63, 3.8) is 0 Å². The molecule has 5 heteroatoms. The van der Waals surface area contributed by atoms with Crippen molar-refractivity contribution in [3.05, 3.63) is 72.4 Å². The number of aromatic nitrogens is 3. The van der Waals surface area contributed by atoms with Crippen LogP contribution >= 0.6 is 0 Å². The summed E-state index contributed by atoms with van der Waals surface area (Å²) in [6.45, 7) is 2.40. The van der Waals surface area contributed by atoms with Crippen molar-refractivity contribution >= 4 is 0 Å². The molecular formula is C23H19N3O2. The van der Waals surface area contributed by atoms with E-state index in [-0.39, 0.29) is 6.79 Å². The number of hydrogen-bond acceptors (Lipinski definition) is 4. The van der Waals surface area contributed by atoms with Crippen molar-refractivity contribution in [2.75, 3.05) is 6.79 Å². The van der Waals surface area contributed by atoms with Crippen LogP contribution in [0, 0.1) is 0 Å². The Morgan fingerprint density at radius 1 is 0.929 bits per heavy atom. The summed E-state index contributed by atoms with van der Waals surface area (Å²) in [6.07, 6.45) is 2.80. The summed E-state index contributed by atoms with van der Waals surface area (Å²) >= 11 is 0. The van der Waals surface area contributed by atoms with Gasteiger partial charge < -0.3 is 14.5 Å². The summed E-state index contributed by atoms with van der Waals surface area (Å²) in [5.74, 6) is 2.31. The zero-order valence-corrected chi connectivity index (χ0v) is 15.5. The average Bonchev–Trinajstić information content (AvgIpc) is 3.41. The molecule has 2 aromatic heterocycles. The van der Waals surface area contributed by atoms with Gasteiger partial charge in [0, 0.05) is 17.3 Å². The standard InChI is InChI=1S/C23H19N3O2/c1-2-15-6-8-16(9-7-15)23-25-21(22(26-23)18-5-3-4-12-24-18)17-10-11-19-20(13-17)28-14-27-19/h3-13H,2,14H2,1H3,(H,25,26). The van der Waals surface area contributed by atoms with Crippen molar-refractivity contribution in [2.45, 2.75) is 13.3 Å². The molecule has 0 amide bonds. The van der Waals surface area contributed by atoms with E-state index in [0.717, 1.165) is 52.0 Å². The van der Waals surface area contributed by atoms with E-state index in [1.54, 1.807) is 6.20 Å². The summed E-state index contributed by atoms with van der Waals surface area (Å²) in [7, 11) is 0. The number of nitrogens with zero attached hydrogens (tertiary/aromatic N) is 2. The minimum Gasteiger partial charge on any atom is -0.454 e. The molecule has 0 aliphatic carbocycles. The largest absolute Gasteiger partial charge is 0.454 e. The van der Waals surface area contributed by atoms with E-state index in [9.17, 15) is 0 Å². The molecule has 0 spiro atoms. The lowest BCUT2D eigenvalue weighted by Gasteiger charge is -2.03. The third-order valence-corrected chi connectivity index (χ3v) is 4.91. The van der Waals surface area contributed by atoms with E-state index in [2.05, 4.69) is 41.2 Å². The van der Waals surface area contributed by atoms with Gasteiger partial charge in [-0.05, 0) is 42.3 Å². The topological polar surface area (TPSA) is 60.0 Å². The van der Waals surface area contributed by atoms with E-state index in [4.69, 9.17) is 14.5 Å². The highest BCUT2D eigenvalue weighted by Gasteiger charge is 2.19. The molecule has 0 fully saturated rings. The highest BCUT2D eigenvalue weighted by molar-refractivity contribution is 5.80. The number of ether oxygens (including phenoxy) is 2. The molecular weight excluding hydrogens is 350 g/mol. The fraction of sp³-hybridized carbons (Fsp3) is 0.130. The predicted molar refractivity (Wildman–Crippen MR) is 108 cm³/mol. The van der Waals surface area contributed by atoms with Crippen LogP contribution in [0.15, 0.2) is 66.9 Å². The molecule has 0 unspecified atom stereocenters. The number of H-pyrrole nitrogens is 1. The summed E-state index contributed by atoms with van der Waals surface area (Å²) < 4.78 is 11.0. The smallest absolute Gasteiger partial charge is 0.231 e. The first-order chi connectivity index (χ1) is 13.8. The molecule has 3 heterocycles. The average molecular weight is 369 g/mol. The minimum absolute atomic E-state index is 0.251. The molecule has 0 radical (unpaired) electrons. The molecule has 1 aliphatic heterocycles. The fourth-order valence-electron chi connectivity index (χ4n) is 3.36. The quantitative estimate of drug-likeness (QED) is 0.544. The van der Waals surface area contributed by atoms with E-state index >= 15 is 0 Å². The summed E-state index contributed by atoms with van der Waals surface area (Å²) in [6, 6.07) is 20.2. The van der Waals surface area contributed by atoms with Crippen LogP contribution in [0.1, 0.15) is 12.5 Å². The summed E-state index contributed by atoms with van der Waals surface area (Å²) in [4.78, 5) is 12.9. The van der Waals surface area contributed by atoms with Gasteiger partial charge >= 0.3 is 0 Å². The van der Waals surface area contributed by atoms with Gasteiger partial charge in [0.2, 0.25) is 6.79 Å². The van der Waals surface area contributed by atoms with Crippen LogP contribution in [0.5, 0.6) is 11.5 Å². The summed E-state index contributed by atoms with van der Waals surface area (Å²) in [5, 5.41) is 0. The van der Waals surface area contributed by atoms with Gasteiger partial charge in [-0.25, -0.2) is 4.98 Å². The van der Waals surface area contributed by atoms with Crippen molar-refractivity contribution in [3.8, 4) is 45.5 Å². The number of benzene rings is 2. The van der Waals surface area contributed by atoms with Crippen LogP contribution in [0.2, 0.25) is 0 Å². The van der Waals surface area contributed by atoms with Crippen molar-refractivity contribution in [2.24, 2.45) is 0 Å². The predicted octanol–water partition coefficient (Wildman–Crippen LogP) is 5.10. The van der Waals surface area contributed by atoms with Crippen LogP contribution in [0.4, 0.5) is 0 Å². The molecule has 4 aromatic rings. The first-order valence-electron chi connectivity index (χ1n) is 9.32. The Morgan fingerprint density at radius 2 is 1.75 bits per heavy atom. The Labute approximate surface area is 163 Å². The normalized spacial score (nSPS) is 12.3. The number of aromatic amines is 1. The lowest BCUT2D eigenvalue weighted by molar-refractivity contribution is 0.174. The number of rotatable bonds is 4. The fourth-order valence-corrected chi connectivity index (χ4v) is 3.36. The Kier molecular flexibility index (Phi) is 4.05. The van der Waals surface area contributed by atoms with Gasteiger partial charge in [-0.15, -0.1) is 0 Å². The van der Waals surface area contributed by atoms with Gasteiger partial charge in [0.05, 0.1) is 17.1 Å². The molecule has 0 saturated carbocycles. The van der Waals surface area contributed by atoms with Crippen LogP contribution in [-0.4, -0.2) is 21.7 Å². The van der Waals surface area contributed by atoms with Crippen LogP contribution in [0.25, 0.3) is 34.0 Å². The number of fused-ring (bicyclic) bond motifs is 1. The van der Waals surface area contributed by atoms with Crippen LogP contribution in [-0.2, 0) is 6.42 Å². The van der Waals surface area contributed by atoms with Gasteiger partial charge in [-0.3, -0.25) is 4.98 Å². The minimum atomic E-state index is 0.251. The SMILES string of the molecule is CCc1ccc(-c2nc(-c3ccc4c(c3)OCO4)c(-c3ccccn3)[nH]2)cc1. The summed E-state index contributed by atoms with van der Waals surface area (Å²) in [5.41, 5.74) is 5.87. The molecule has 0 saturated heterocycles. The second-order valence-electron chi connectivity index (χ2n) is 6.64. The maximum atomic E-state index is 5.55. The third-order valence-electron chi connectivity index (χ3n) is 4.91. The first kappa shape index (κ1) is 16.6. The number of nitrogens with one attached hydrogen (secondary N) is 1. The van der Waals surface area contributed by atoms with Crippen LogP contribution in [0.3, 0.4) is 0 Å². The molecule has 0 bridgehead atoms. The lowest BCUT2D eigenvalue weighted by Crippen LogP contribution is -1.92. The second-order valence-corrected chi connectivity index (χ2v) is 6.64. The number of hydrogen-bond donors (Lipinski definition) is 1. The van der Waals surface area contributed by atoms with Crippen molar-refractivity contribution in [1.82, 2.24) is 15.0 Å². The van der Waals surface area contributed by atoms with Gasteiger partial charge in [-0.2, -0.15) is 0 Å². The van der Waals surface area contributed by atoms with Gasteiger partial charge in [-0.1, -0.05) is 37.3 Å². The monoisotopic (exact) mass is 369 g/mol. The molecule has 1 N–H and O–H groups in total. The van der Waals surface area contributed by atoms with Crippen molar-refractivity contribution in [1.29, 1.82) is 0 Å². The zero-order chi connectivity index (χ0) is 18.9. The molecule has 2 aromatic carbocycles. The molecule has 5 rings (SSSR count). The highest BCUT2D eigenvalue weighted by atomic mass is 16.7. The molecule has 5 nitrogen and oxygen atoms in total.